The maximum Gasteiger partial charge on any atom is 0.123 e. The smallest absolute Gasteiger partial charge is 0.123 e. The van der Waals surface area contributed by atoms with Crippen LogP contribution in [0.25, 0.3) is 0 Å². The fourth-order valence-electron chi connectivity index (χ4n) is 2.04. The third-order valence-corrected chi connectivity index (χ3v) is 3.08. The third-order valence-electron chi connectivity index (χ3n) is 3.08. The van der Waals surface area contributed by atoms with Crippen LogP contribution in [-0.4, -0.2) is 13.2 Å². The summed E-state index contributed by atoms with van der Waals surface area (Å²) < 4.78 is 11.4. The number of hydrogen-bond donors (Lipinski definition) is 1. The topological polar surface area (TPSA) is 44.5 Å². The molecule has 0 fully saturated rings. The van der Waals surface area contributed by atoms with E-state index in [4.69, 9.17) is 15.2 Å². The Kier molecular flexibility index (Phi) is 5.85. The fourth-order valence-corrected chi connectivity index (χ4v) is 2.04. The molecule has 2 rings (SSSR count). The summed E-state index contributed by atoms with van der Waals surface area (Å²) in [5.41, 5.74) is 7.87. The van der Waals surface area contributed by atoms with E-state index < -0.39 is 0 Å². The Balaban J connectivity index is 1.88. The first-order chi connectivity index (χ1) is 10.3. The third kappa shape index (κ3) is 4.65. The van der Waals surface area contributed by atoms with Crippen LogP contribution in [0.15, 0.2) is 61.2 Å². The van der Waals surface area contributed by atoms with Crippen molar-refractivity contribution in [3.63, 3.8) is 0 Å². The lowest BCUT2D eigenvalue weighted by atomic mass is 10.1. The van der Waals surface area contributed by atoms with Crippen molar-refractivity contribution in [3.05, 3.63) is 72.3 Å². The first-order valence-corrected chi connectivity index (χ1v) is 7.07. The Morgan fingerprint density at radius 2 is 1.76 bits per heavy atom. The Morgan fingerprint density at radius 3 is 2.48 bits per heavy atom. The molecule has 110 valence electrons. The van der Waals surface area contributed by atoms with E-state index in [0.29, 0.717) is 19.8 Å². The van der Waals surface area contributed by atoms with Crippen LogP contribution >= 0.6 is 0 Å². The predicted molar refractivity (Wildman–Crippen MR) is 85.7 cm³/mol. The van der Waals surface area contributed by atoms with Gasteiger partial charge in [0.2, 0.25) is 0 Å². The molecule has 0 aliphatic rings. The summed E-state index contributed by atoms with van der Waals surface area (Å²) in [7, 11) is 0. The second kappa shape index (κ2) is 8.12. The van der Waals surface area contributed by atoms with Gasteiger partial charge in [-0.05, 0) is 35.7 Å². The van der Waals surface area contributed by atoms with Crippen LogP contribution in [0.3, 0.4) is 0 Å². The lowest BCUT2D eigenvalue weighted by Crippen LogP contribution is -2.10. The molecule has 0 unspecified atom stereocenters. The summed E-state index contributed by atoms with van der Waals surface area (Å²) in [5.74, 6) is 1.72. The normalized spacial score (nSPS) is 10.1. The molecule has 0 atom stereocenters. The van der Waals surface area contributed by atoms with Gasteiger partial charge in [-0.2, -0.15) is 0 Å². The number of nitrogens with two attached hydrogens (primary N) is 1. The first kappa shape index (κ1) is 15.1. The molecule has 2 aromatic rings. The van der Waals surface area contributed by atoms with Gasteiger partial charge in [-0.15, -0.1) is 6.58 Å². The van der Waals surface area contributed by atoms with Gasteiger partial charge in [0.05, 0.1) is 0 Å². The number of benzene rings is 2. The van der Waals surface area contributed by atoms with Gasteiger partial charge in [0.15, 0.2) is 0 Å². The molecule has 0 spiro atoms. The maximum atomic E-state index is 5.80. The Hall–Kier alpha value is -2.26. The van der Waals surface area contributed by atoms with Crippen molar-refractivity contribution < 1.29 is 9.47 Å². The highest BCUT2D eigenvalue weighted by Gasteiger charge is 2.04. The molecule has 0 aromatic heterocycles. The van der Waals surface area contributed by atoms with Crippen molar-refractivity contribution in [2.75, 3.05) is 13.2 Å². The summed E-state index contributed by atoms with van der Waals surface area (Å²) in [4.78, 5) is 0. The average molecular weight is 283 g/mol. The van der Waals surface area contributed by atoms with E-state index in [2.05, 4.69) is 12.6 Å². The molecule has 0 aliphatic carbocycles. The molecule has 0 aliphatic heterocycles. The van der Waals surface area contributed by atoms with Gasteiger partial charge >= 0.3 is 0 Å². The van der Waals surface area contributed by atoms with Crippen molar-refractivity contribution in [3.8, 4) is 11.5 Å². The molecule has 0 amide bonds. The largest absolute Gasteiger partial charge is 0.490 e. The minimum atomic E-state index is 0.501. The van der Waals surface area contributed by atoms with Crippen molar-refractivity contribution in [1.82, 2.24) is 0 Å². The second-order valence-electron chi connectivity index (χ2n) is 4.65. The fraction of sp³-hybridized carbons (Fsp3) is 0.222. The first-order valence-electron chi connectivity index (χ1n) is 7.07. The highest BCUT2D eigenvalue weighted by Crippen LogP contribution is 2.21. The number of ether oxygens (including phenoxy) is 2. The van der Waals surface area contributed by atoms with Gasteiger partial charge in [-0.25, -0.2) is 0 Å². The second-order valence-corrected chi connectivity index (χ2v) is 4.65. The van der Waals surface area contributed by atoms with Gasteiger partial charge in [0, 0.05) is 6.54 Å². The lowest BCUT2D eigenvalue weighted by Gasteiger charge is -2.12. The molecule has 0 saturated heterocycles. The van der Waals surface area contributed by atoms with E-state index in [9.17, 15) is 0 Å². The van der Waals surface area contributed by atoms with Crippen LogP contribution in [0.4, 0.5) is 0 Å². The van der Waals surface area contributed by atoms with E-state index in [1.54, 1.807) is 0 Å². The van der Waals surface area contributed by atoms with E-state index in [0.717, 1.165) is 29.0 Å². The summed E-state index contributed by atoms with van der Waals surface area (Å²) in [6.45, 7) is 5.32. The molecular weight excluding hydrogens is 262 g/mol. The van der Waals surface area contributed by atoms with Gasteiger partial charge in [-0.3, -0.25) is 0 Å². The van der Waals surface area contributed by atoms with Gasteiger partial charge in [-0.1, -0.05) is 36.4 Å². The Labute approximate surface area is 126 Å². The molecule has 0 heterocycles. The standard InChI is InChI=1S/C18H21NO2/c1-2-6-16-13-15(14-19)9-10-18(16)21-12-11-20-17-7-4-3-5-8-17/h2-5,7-10,13H,1,6,11-12,14,19H2. The zero-order valence-electron chi connectivity index (χ0n) is 12.1. The molecular formula is C18H21NO2. The van der Waals surface area contributed by atoms with Gasteiger partial charge in [0.1, 0.15) is 24.7 Å². The Bertz CT molecular complexity index is 567. The van der Waals surface area contributed by atoms with E-state index in [1.165, 1.54) is 0 Å². The summed E-state index contributed by atoms with van der Waals surface area (Å²) in [5, 5.41) is 0. The zero-order valence-corrected chi connectivity index (χ0v) is 12.1. The van der Waals surface area contributed by atoms with Crippen LogP contribution in [0.5, 0.6) is 11.5 Å². The lowest BCUT2D eigenvalue weighted by molar-refractivity contribution is 0.216. The predicted octanol–water partition coefficient (Wildman–Crippen LogP) is 3.33. The van der Waals surface area contributed by atoms with Crippen LogP contribution in [0, 0.1) is 0 Å². The molecule has 0 bridgehead atoms. The summed E-state index contributed by atoms with van der Waals surface area (Å²) >= 11 is 0. The minimum absolute atomic E-state index is 0.501. The number of allylic oxidation sites excluding steroid dienone is 1. The molecule has 2 N–H and O–H groups in total. The van der Waals surface area contributed by atoms with Crippen molar-refractivity contribution in [2.24, 2.45) is 5.73 Å². The van der Waals surface area contributed by atoms with Gasteiger partial charge < -0.3 is 15.2 Å². The van der Waals surface area contributed by atoms with E-state index >= 15 is 0 Å². The average Bonchev–Trinajstić information content (AvgIpc) is 2.54. The highest BCUT2D eigenvalue weighted by atomic mass is 16.5. The summed E-state index contributed by atoms with van der Waals surface area (Å²) in [6, 6.07) is 15.7. The maximum absolute atomic E-state index is 5.80. The van der Waals surface area contributed by atoms with Gasteiger partial charge in [0.25, 0.3) is 0 Å². The number of rotatable bonds is 8. The van der Waals surface area contributed by atoms with Crippen molar-refractivity contribution in [1.29, 1.82) is 0 Å². The molecule has 2 aromatic carbocycles. The quantitative estimate of drug-likeness (QED) is 0.597. The monoisotopic (exact) mass is 283 g/mol. The SMILES string of the molecule is C=CCc1cc(CN)ccc1OCCOc1ccccc1. The van der Waals surface area contributed by atoms with Crippen molar-refractivity contribution >= 4 is 0 Å². The summed E-state index contributed by atoms with van der Waals surface area (Å²) in [6.07, 6.45) is 2.63. The van der Waals surface area contributed by atoms with Crippen LogP contribution in [-0.2, 0) is 13.0 Å². The van der Waals surface area contributed by atoms with Crippen LogP contribution < -0.4 is 15.2 Å². The Morgan fingerprint density at radius 1 is 1.00 bits per heavy atom. The van der Waals surface area contributed by atoms with Crippen molar-refractivity contribution in [2.45, 2.75) is 13.0 Å². The molecule has 3 nitrogen and oxygen atoms in total. The van der Waals surface area contributed by atoms with Crippen LogP contribution in [0.1, 0.15) is 11.1 Å². The highest BCUT2D eigenvalue weighted by molar-refractivity contribution is 5.38. The molecule has 21 heavy (non-hydrogen) atoms. The molecule has 0 radical (unpaired) electrons. The van der Waals surface area contributed by atoms with Crippen LogP contribution in [0.2, 0.25) is 0 Å². The number of hydrogen-bond acceptors (Lipinski definition) is 3. The number of para-hydroxylation sites is 1. The molecule has 3 heteroatoms. The zero-order chi connectivity index (χ0) is 14.9. The van der Waals surface area contributed by atoms with E-state index in [-0.39, 0.29) is 0 Å². The minimum Gasteiger partial charge on any atom is -0.490 e. The van der Waals surface area contributed by atoms with E-state index in [1.807, 2.05) is 48.5 Å². The molecule has 0 saturated carbocycles.